The van der Waals surface area contributed by atoms with Crippen molar-refractivity contribution >= 4 is 5.78 Å². The highest BCUT2D eigenvalue weighted by Crippen LogP contribution is 2.17. The van der Waals surface area contributed by atoms with Crippen LogP contribution >= 0.6 is 0 Å². The van der Waals surface area contributed by atoms with Crippen LogP contribution in [0.1, 0.15) is 18.6 Å². The molecular weight excluding hydrogens is 192 g/mol. The third-order valence-electron chi connectivity index (χ3n) is 2.08. The van der Waals surface area contributed by atoms with E-state index in [1.807, 2.05) is 37.3 Å². The summed E-state index contributed by atoms with van der Waals surface area (Å²) in [5, 5.41) is 0. The highest BCUT2D eigenvalue weighted by Gasteiger charge is 2.19. The number of ether oxygens (including phenoxy) is 2. The van der Waals surface area contributed by atoms with E-state index in [9.17, 15) is 4.79 Å². The first-order valence-electron chi connectivity index (χ1n) is 4.97. The average Bonchev–Trinajstić information content (AvgIpc) is 2.29. The van der Waals surface area contributed by atoms with Gasteiger partial charge in [0.15, 0.2) is 5.78 Å². The highest BCUT2D eigenvalue weighted by atomic mass is 16.5. The molecule has 3 nitrogen and oxygen atoms in total. The van der Waals surface area contributed by atoms with Crippen molar-refractivity contribution in [3.8, 4) is 0 Å². The van der Waals surface area contributed by atoms with Gasteiger partial charge in [-0.1, -0.05) is 30.3 Å². The Labute approximate surface area is 90.0 Å². The largest absolute Gasteiger partial charge is 0.374 e. The summed E-state index contributed by atoms with van der Waals surface area (Å²) in [5.41, 5.74) is 0.865. The maximum absolute atomic E-state index is 11.7. The van der Waals surface area contributed by atoms with Crippen LogP contribution in [0.4, 0.5) is 0 Å². The van der Waals surface area contributed by atoms with Gasteiger partial charge in [-0.2, -0.15) is 0 Å². The molecule has 0 bridgehead atoms. The lowest BCUT2D eigenvalue weighted by Gasteiger charge is -2.14. The number of hydrogen-bond acceptors (Lipinski definition) is 3. The van der Waals surface area contributed by atoms with E-state index in [2.05, 4.69) is 0 Å². The van der Waals surface area contributed by atoms with Crippen molar-refractivity contribution in [3.05, 3.63) is 35.9 Å². The van der Waals surface area contributed by atoms with Gasteiger partial charge < -0.3 is 9.47 Å². The predicted molar refractivity (Wildman–Crippen MR) is 57.7 cm³/mol. The standard InChI is InChI=1S/C12H16O3/c1-3-15-9-11(13)12(14-2)10-7-5-4-6-8-10/h4-8,12H,3,9H2,1-2H3. The van der Waals surface area contributed by atoms with Crippen LogP contribution in [0.5, 0.6) is 0 Å². The molecule has 15 heavy (non-hydrogen) atoms. The number of rotatable bonds is 6. The summed E-state index contributed by atoms with van der Waals surface area (Å²) in [6.07, 6.45) is -0.516. The van der Waals surface area contributed by atoms with Crippen molar-refractivity contribution in [3.63, 3.8) is 0 Å². The monoisotopic (exact) mass is 208 g/mol. The number of benzene rings is 1. The Morgan fingerprint density at radius 2 is 2.00 bits per heavy atom. The Hall–Kier alpha value is -1.19. The third-order valence-corrected chi connectivity index (χ3v) is 2.08. The van der Waals surface area contributed by atoms with Crippen LogP contribution in [0.25, 0.3) is 0 Å². The van der Waals surface area contributed by atoms with Gasteiger partial charge in [-0.3, -0.25) is 4.79 Å². The van der Waals surface area contributed by atoms with Gasteiger partial charge in [-0.25, -0.2) is 0 Å². The molecule has 0 fully saturated rings. The van der Waals surface area contributed by atoms with Crippen LogP contribution in [0.15, 0.2) is 30.3 Å². The molecule has 1 aromatic rings. The summed E-state index contributed by atoms with van der Waals surface area (Å²) in [6.45, 7) is 2.50. The molecule has 0 aliphatic heterocycles. The maximum Gasteiger partial charge on any atom is 0.191 e. The molecule has 1 unspecified atom stereocenters. The molecule has 0 saturated heterocycles. The molecule has 0 spiro atoms. The van der Waals surface area contributed by atoms with Crippen molar-refractivity contribution in [2.75, 3.05) is 20.3 Å². The zero-order valence-corrected chi connectivity index (χ0v) is 9.10. The van der Waals surface area contributed by atoms with Crippen molar-refractivity contribution in [2.45, 2.75) is 13.0 Å². The lowest BCUT2D eigenvalue weighted by molar-refractivity contribution is -0.133. The molecule has 0 aliphatic carbocycles. The first-order valence-corrected chi connectivity index (χ1v) is 4.97. The first-order chi connectivity index (χ1) is 7.29. The van der Waals surface area contributed by atoms with E-state index in [4.69, 9.17) is 9.47 Å². The number of carbonyl (C=O) groups is 1. The van der Waals surface area contributed by atoms with Gasteiger partial charge >= 0.3 is 0 Å². The Morgan fingerprint density at radius 3 is 2.53 bits per heavy atom. The summed E-state index contributed by atoms with van der Waals surface area (Å²) in [6, 6.07) is 9.42. The van der Waals surface area contributed by atoms with E-state index in [0.717, 1.165) is 5.56 Å². The Kier molecular flexibility index (Phi) is 5.01. The highest BCUT2D eigenvalue weighted by molar-refractivity contribution is 5.85. The van der Waals surface area contributed by atoms with Crippen LogP contribution in [-0.4, -0.2) is 26.1 Å². The normalized spacial score (nSPS) is 12.4. The lowest BCUT2D eigenvalue weighted by atomic mass is 10.1. The molecule has 3 heteroatoms. The van der Waals surface area contributed by atoms with Crippen molar-refractivity contribution in [2.24, 2.45) is 0 Å². The fourth-order valence-electron chi connectivity index (χ4n) is 1.36. The SMILES string of the molecule is CCOCC(=O)C(OC)c1ccccc1. The van der Waals surface area contributed by atoms with Crippen LogP contribution < -0.4 is 0 Å². The zero-order chi connectivity index (χ0) is 11.1. The van der Waals surface area contributed by atoms with E-state index in [1.165, 1.54) is 7.11 Å². The summed E-state index contributed by atoms with van der Waals surface area (Å²) in [5.74, 6) is -0.0504. The second-order valence-corrected chi connectivity index (χ2v) is 3.13. The van der Waals surface area contributed by atoms with Crippen molar-refractivity contribution in [1.82, 2.24) is 0 Å². The van der Waals surface area contributed by atoms with Crippen LogP contribution in [0, 0.1) is 0 Å². The number of hydrogen-bond donors (Lipinski definition) is 0. The third kappa shape index (κ3) is 3.46. The maximum atomic E-state index is 11.7. The van der Waals surface area contributed by atoms with E-state index >= 15 is 0 Å². The minimum atomic E-state index is -0.516. The van der Waals surface area contributed by atoms with Crippen molar-refractivity contribution in [1.29, 1.82) is 0 Å². The molecule has 0 N–H and O–H groups in total. The molecule has 1 rings (SSSR count). The van der Waals surface area contributed by atoms with Crippen LogP contribution in [-0.2, 0) is 14.3 Å². The molecule has 0 amide bonds. The zero-order valence-electron chi connectivity index (χ0n) is 9.10. The molecule has 0 heterocycles. The fraction of sp³-hybridized carbons (Fsp3) is 0.417. The van der Waals surface area contributed by atoms with Gasteiger partial charge in [0, 0.05) is 13.7 Å². The van der Waals surface area contributed by atoms with E-state index in [-0.39, 0.29) is 12.4 Å². The molecular formula is C12H16O3. The fourth-order valence-corrected chi connectivity index (χ4v) is 1.36. The average molecular weight is 208 g/mol. The molecule has 1 aromatic carbocycles. The molecule has 0 saturated carbocycles. The minimum absolute atomic E-state index is 0.0504. The summed E-state index contributed by atoms with van der Waals surface area (Å²) < 4.78 is 10.2. The lowest BCUT2D eigenvalue weighted by Crippen LogP contribution is -2.19. The van der Waals surface area contributed by atoms with E-state index < -0.39 is 6.10 Å². The molecule has 0 aliphatic rings. The predicted octanol–water partition coefficient (Wildman–Crippen LogP) is 1.98. The molecule has 82 valence electrons. The first kappa shape index (κ1) is 11.9. The number of Topliss-reactive ketones (excluding diaryl/α,β-unsaturated/α-hetero) is 1. The van der Waals surface area contributed by atoms with Gasteiger partial charge in [0.2, 0.25) is 0 Å². The topological polar surface area (TPSA) is 35.5 Å². The smallest absolute Gasteiger partial charge is 0.191 e. The van der Waals surface area contributed by atoms with Gasteiger partial charge in [-0.15, -0.1) is 0 Å². The van der Waals surface area contributed by atoms with Crippen LogP contribution in [0.3, 0.4) is 0 Å². The number of methoxy groups -OCH3 is 1. The second-order valence-electron chi connectivity index (χ2n) is 3.13. The number of ketones is 1. The quantitative estimate of drug-likeness (QED) is 0.717. The molecule has 1 atom stereocenters. The summed E-state index contributed by atoms with van der Waals surface area (Å²) in [7, 11) is 1.53. The minimum Gasteiger partial charge on any atom is -0.374 e. The van der Waals surface area contributed by atoms with Gasteiger partial charge in [0.05, 0.1) is 0 Å². The second kappa shape index (κ2) is 6.32. The van der Waals surface area contributed by atoms with Gasteiger partial charge in [-0.05, 0) is 12.5 Å². The Bertz CT molecular complexity index is 295. The molecule has 0 aromatic heterocycles. The van der Waals surface area contributed by atoms with Crippen molar-refractivity contribution < 1.29 is 14.3 Å². The Balaban J connectivity index is 2.67. The van der Waals surface area contributed by atoms with E-state index in [1.54, 1.807) is 0 Å². The van der Waals surface area contributed by atoms with Gasteiger partial charge in [0.25, 0.3) is 0 Å². The van der Waals surface area contributed by atoms with E-state index in [0.29, 0.717) is 6.61 Å². The van der Waals surface area contributed by atoms with Crippen LogP contribution in [0.2, 0.25) is 0 Å². The number of carbonyl (C=O) groups excluding carboxylic acids is 1. The van der Waals surface area contributed by atoms with Gasteiger partial charge in [0.1, 0.15) is 12.7 Å². The summed E-state index contributed by atoms with van der Waals surface area (Å²) >= 11 is 0. The molecule has 0 radical (unpaired) electrons. The Morgan fingerprint density at radius 1 is 1.33 bits per heavy atom. The summed E-state index contributed by atoms with van der Waals surface area (Å²) in [4.78, 5) is 11.7.